The van der Waals surface area contributed by atoms with Crippen molar-refractivity contribution in [3.63, 3.8) is 0 Å². The minimum absolute atomic E-state index is 0.553. The Morgan fingerprint density at radius 1 is 1.27 bits per heavy atom. The molecule has 5 nitrogen and oxygen atoms in total. The molecule has 0 saturated carbocycles. The van der Waals surface area contributed by atoms with Gasteiger partial charge in [0.05, 0.1) is 19.9 Å². The van der Waals surface area contributed by atoms with Gasteiger partial charge in [-0.15, -0.1) is 5.11 Å². The molecule has 0 heterocycles. The SMILES string of the molecule is COC(=O)N=Nc1cc(C)cc(OC)c1. The number of ether oxygens (including phenoxy) is 2. The van der Waals surface area contributed by atoms with E-state index in [1.165, 1.54) is 7.11 Å². The lowest BCUT2D eigenvalue weighted by atomic mass is 10.2. The Balaban J connectivity index is 2.90. The average molecular weight is 208 g/mol. The van der Waals surface area contributed by atoms with Crippen molar-refractivity contribution in [3.8, 4) is 5.75 Å². The maximum absolute atomic E-state index is 10.7. The molecule has 0 spiro atoms. The van der Waals surface area contributed by atoms with Gasteiger partial charge in [-0.25, -0.2) is 4.79 Å². The number of methoxy groups -OCH3 is 2. The molecule has 15 heavy (non-hydrogen) atoms. The van der Waals surface area contributed by atoms with E-state index >= 15 is 0 Å². The van der Waals surface area contributed by atoms with Crippen molar-refractivity contribution >= 4 is 11.8 Å². The number of carbonyl (C=O) groups excluding carboxylic acids is 1. The van der Waals surface area contributed by atoms with Crippen LogP contribution in [0.1, 0.15) is 5.56 Å². The normalized spacial score (nSPS) is 10.3. The molecule has 0 N–H and O–H groups in total. The van der Waals surface area contributed by atoms with Crippen LogP contribution in [0.5, 0.6) is 5.75 Å². The molecule has 80 valence electrons. The third kappa shape index (κ3) is 3.38. The van der Waals surface area contributed by atoms with Gasteiger partial charge in [0.25, 0.3) is 0 Å². The zero-order valence-corrected chi connectivity index (χ0v) is 8.85. The second kappa shape index (κ2) is 5.09. The van der Waals surface area contributed by atoms with Crippen LogP contribution in [-0.4, -0.2) is 20.3 Å². The number of hydrogen-bond acceptors (Lipinski definition) is 4. The fraction of sp³-hybridized carbons (Fsp3) is 0.300. The highest BCUT2D eigenvalue weighted by Gasteiger charge is 1.99. The van der Waals surface area contributed by atoms with E-state index in [1.807, 2.05) is 13.0 Å². The molecule has 1 amide bonds. The molecule has 0 fully saturated rings. The predicted octanol–water partition coefficient (Wildman–Crippen LogP) is 2.85. The van der Waals surface area contributed by atoms with Gasteiger partial charge >= 0.3 is 6.09 Å². The van der Waals surface area contributed by atoms with Crippen LogP contribution in [-0.2, 0) is 4.74 Å². The van der Waals surface area contributed by atoms with Gasteiger partial charge in [-0.2, -0.15) is 0 Å². The van der Waals surface area contributed by atoms with Gasteiger partial charge in [0.15, 0.2) is 0 Å². The second-order valence-corrected chi connectivity index (χ2v) is 2.88. The summed E-state index contributed by atoms with van der Waals surface area (Å²) in [4.78, 5) is 10.7. The average Bonchev–Trinajstić information content (AvgIpc) is 2.25. The Morgan fingerprint density at radius 2 is 2.00 bits per heavy atom. The van der Waals surface area contributed by atoms with Crippen molar-refractivity contribution in [1.82, 2.24) is 0 Å². The van der Waals surface area contributed by atoms with Crippen LogP contribution in [0, 0.1) is 6.92 Å². The van der Waals surface area contributed by atoms with E-state index < -0.39 is 6.09 Å². The van der Waals surface area contributed by atoms with Crippen LogP contribution in [0.4, 0.5) is 10.5 Å². The second-order valence-electron chi connectivity index (χ2n) is 2.88. The minimum Gasteiger partial charge on any atom is -0.497 e. The molecule has 5 heteroatoms. The first-order chi connectivity index (χ1) is 7.15. The molecule has 1 aromatic carbocycles. The van der Waals surface area contributed by atoms with Crippen molar-refractivity contribution < 1.29 is 14.3 Å². The van der Waals surface area contributed by atoms with E-state index in [0.29, 0.717) is 11.4 Å². The summed E-state index contributed by atoms with van der Waals surface area (Å²) in [5, 5.41) is 7.05. The molecule has 0 radical (unpaired) electrons. The van der Waals surface area contributed by atoms with E-state index in [2.05, 4.69) is 15.0 Å². The van der Waals surface area contributed by atoms with Crippen molar-refractivity contribution in [2.24, 2.45) is 10.2 Å². The highest BCUT2D eigenvalue weighted by atomic mass is 16.5. The van der Waals surface area contributed by atoms with Gasteiger partial charge in [-0.3, -0.25) is 0 Å². The van der Waals surface area contributed by atoms with Gasteiger partial charge in [0.1, 0.15) is 5.75 Å². The molecule has 0 atom stereocenters. The van der Waals surface area contributed by atoms with E-state index in [0.717, 1.165) is 5.56 Å². The lowest BCUT2D eigenvalue weighted by Crippen LogP contribution is -1.89. The number of carbonyl (C=O) groups is 1. The molecular weight excluding hydrogens is 196 g/mol. The topological polar surface area (TPSA) is 60.2 Å². The summed E-state index contributed by atoms with van der Waals surface area (Å²) >= 11 is 0. The van der Waals surface area contributed by atoms with Crippen LogP contribution >= 0.6 is 0 Å². The number of nitrogens with zero attached hydrogens (tertiary/aromatic N) is 2. The maximum atomic E-state index is 10.7. The Kier molecular flexibility index (Phi) is 3.79. The number of benzene rings is 1. The minimum atomic E-state index is -0.726. The largest absolute Gasteiger partial charge is 0.497 e. The van der Waals surface area contributed by atoms with Gasteiger partial charge in [0.2, 0.25) is 0 Å². The number of hydrogen-bond donors (Lipinski definition) is 0. The summed E-state index contributed by atoms with van der Waals surface area (Å²) in [5.41, 5.74) is 1.53. The van der Waals surface area contributed by atoms with Crippen LogP contribution in [0.15, 0.2) is 28.4 Å². The molecule has 0 unspecified atom stereocenters. The Bertz CT molecular complexity index is 388. The molecule has 0 bridgehead atoms. The summed E-state index contributed by atoms with van der Waals surface area (Å²) in [7, 11) is 2.81. The smallest absolute Gasteiger partial charge is 0.452 e. The third-order valence-electron chi connectivity index (χ3n) is 1.69. The molecule has 1 rings (SSSR count). The van der Waals surface area contributed by atoms with E-state index in [9.17, 15) is 4.79 Å². The van der Waals surface area contributed by atoms with Gasteiger partial charge < -0.3 is 9.47 Å². The number of azo groups is 1. The summed E-state index contributed by atoms with van der Waals surface area (Å²) in [6.45, 7) is 1.90. The maximum Gasteiger partial charge on any atom is 0.452 e. The number of aryl methyl sites for hydroxylation is 1. The van der Waals surface area contributed by atoms with Gasteiger partial charge in [-0.05, 0) is 24.6 Å². The van der Waals surface area contributed by atoms with E-state index in [4.69, 9.17) is 4.74 Å². The molecule has 0 aliphatic heterocycles. The lowest BCUT2D eigenvalue weighted by molar-refractivity contribution is 0.181. The summed E-state index contributed by atoms with van der Waals surface area (Å²) in [6, 6.07) is 5.32. The molecule has 0 aromatic heterocycles. The van der Waals surface area contributed by atoms with E-state index in [-0.39, 0.29) is 0 Å². The molecule has 0 aliphatic carbocycles. The third-order valence-corrected chi connectivity index (χ3v) is 1.69. The van der Waals surface area contributed by atoms with Crippen molar-refractivity contribution in [3.05, 3.63) is 23.8 Å². The van der Waals surface area contributed by atoms with Crippen molar-refractivity contribution in [2.45, 2.75) is 6.92 Å². The molecule has 1 aromatic rings. The van der Waals surface area contributed by atoms with Crippen LogP contribution in [0.2, 0.25) is 0 Å². The first-order valence-electron chi connectivity index (χ1n) is 4.31. The first kappa shape index (κ1) is 11.2. The van der Waals surface area contributed by atoms with Gasteiger partial charge in [-0.1, -0.05) is 5.11 Å². The fourth-order valence-electron chi connectivity index (χ4n) is 1.04. The van der Waals surface area contributed by atoms with Crippen molar-refractivity contribution in [1.29, 1.82) is 0 Å². The zero-order chi connectivity index (χ0) is 11.3. The Hall–Kier alpha value is -1.91. The quantitative estimate of drug-likeness (QED) is 0.702. The zero-order valence-electron chi connectivity index (χ0n) is 8.85. The summed E-state index contributed by atoms with van der Waals surface area (Å²) in [6.07, 6.45) is -0.726. The molecule has 0 aliphatic rings. The first-order valence-corrected chi connectivity index (χ1v) is 4.31. The van der Waals surface area contributed by atoms with E-state index in [1.54, 1.807) is 19.2 Å². The standard InChI is InChI=1S/C10H12N2O3/c1-7-4-8(6-9(5-7)14-2)11-12-10(13)15-3/h4-6H,1-3H3. The molecular formula is C10H12N2O3. The van der Waals surface area contributed by atoms with Crippen LogP contribution in [0.3, 0.4) is 0 Å². The highest BCUT2D eigenvalue weighted by Crippen LogP contribution is 2.22. The van der Waals surface area contributed by atoms with Crippen LogP contribution in [0.25, 0.3) is 0 Å². The number of rotatable bonds is 2. The van der Waals surface area contributed by atoms with Crippen molar-refractivity contribution in [2.75, 3.05) is 14.2 Å². The Labute approximate surface area is 87.7 Å². The van der Waals surface area contributed by atoms with Gasteiger partial charge in [0, 0.05) is 6.07 Å². The monoisotopic (exact) mass is 208 g/mol. The fourth-order valence-corrected chi connectivity index (χ4v) is 1.04. The summed E-state index contributed by atoms with van der Waals surface area (Å²) in [5.74, 6) is 0.675. The summed E-state index contributed by atoms with van der Waals surface area (Å²) < 4.78 is 9.38. The highest BCUT2D eigenvalue weighted by molar-refractivity contribution is 5.67. The Morgan fingerprint density at radius 3 is 2.60 bits per heavy atom. The number of amides is 1. The molecule has 0 saturated heterocycles. The predicted molar refractivity (Wildman–Crippen MR) is 54.7 cm³/mol. The van der Waals surface area contributed by atoms with Crippen LogP contribution < -0.4 is 4.74 Å². The lowest BCUT2D eigenvalue weighted by Gasteiger charge is -2.01.